The molecule has 0 rings (SSSR count). The Balaban J connectivity index is 3.63. The van der Waals surface area contributed by atoms with Gasteiger partial charge in [0.15, 0.2) is 10.2 Å². The summed E-state index contributed by atoms with van der Waals surface area (Å²) >= 11 is 9.76. The molecule has 0 atom stereocenters. The molecule has 0 aromatic carbocycles. The van der Waals surface area contributed by atoms with E-state index in [1.807, 2.05) is 13.8 Å². The van der Waals surface area contributed by atoms with Crippen LogP contribution in [0.3, 0.4) is 0 Å². The Morgan fingerprint density at radius 2 is 1.31 bits per heavy atom. The first kappa shape index (κ1) is 14.7. The minimum atomic E-state index is 0.475. The Morgan fingerprint density at radius 3 is 1.62 bits per heavy atom. The molecular weight excluding hydrogens is 244 g/mol. The molecule has 0 heterocycles. The SMILES string of the molecule is CCNC(=S)NN=CC=NNC(=S)NCC. The third-order valence-corrected chi connectivity index (χ3v) is 1.69. The second-order valence-corrected chi connectivity index (χ2v) is 3.32. The molecule has 90 valence electrons. The lowest BCUT2D eigenvalue weighted by Gasteiger charge is -2.02. The zero-order valence-corrected chi connectivity index (χ0v) is 10.9. The van der Waals surface area contributed by atoms with Crippen LogP contribution >= 0.6 is 24.4 Å². The molecular formula is C8H16N6S2. The first-order valence-corrected chi connectivity index (χ1v) is 5.64. The number of thiocarbonyl (C=S) groups is 2. The standard InChI is InChI=1S/C8H16N6S2/c1-3-9-7(15)13-11-5-6-12-14-8(16)10-4-2/h5-6H,3-4H2,1-2H3,(H2,9,13,15)(H2,10,14,16). The smallest absolute Gasteiger partial charge is 0.186 e. The van der Waals surface area contributed by atoms with Gasteiger partial charge in [0.05, 0.1) is 12.4 Å². The van der Waals surface area contributed by atoms with Crippen molar-refractivity contribution in [2.45, 2.75) is 13.8 Å². The van der Waals surface area contributed by atoms with Gasteiger partial charge in [-0.2, -0.15) is 10.2 Å². The van der Waals surface area contributed by atoms with Gasteiger partial charge in [0.25, 0.3) is 0 Å². The van der Waals surface area contributed by atoms with Gasteiger partial charge in [-0.25, -0.2) is 0 Å². The zero-order chi connectivity index (χ0) is 12.2. The van der Waals surface area contributed by atoms with Crippen LogP contribution in [-0.4, -0.2) is 35.7 Å². The normalized spacial score (nSPS) is 10.4. The van der Waals surface area contributed by atoms with Crippen molar-refractivity contribution in [3.63, 3.8) is 0 Å². The molecule has 0 fully saturated rings. The van der Waals surface area contributed by atoms with Gasteiger partial charge >= 0.3 is 0 Å². The predicted octanol–water partition coefficient (Wildman–Crippen LogP) is -0.0740. The van der Waals surface area contributed by atoms with E-state index in [2.05, 4.69) is 31.7 Å². The Hall–Kier alpha value is -1.28. The molecule has 4 N–H and O–H groups in total. The zero-order valence-electron chi connectivity index (χ0n) is 9.28. The van der Waals surface area contributed by atoms with Gasteiger partial charge in [0.2, 0.25) is 0 Å². The van der Waals surface area contributed by atoms with Crippen LogP contribution < -0.4 is 21.5 Å². The topological polar surface area (TPSA) is 72.8 Å². The minimum Gasteiger partial charge on any atom is -0.362 e. The van der Waals surface area contributed by atoms with Crippen molar-refractivity contribution < 1.29 is 0 Å². The van der Waals surface area contributed by atoms with Gasteiger partial charge in [-0.05, 0) is 38.3 Å². The summed E-state index contributed by atoms with van der Waals surface area (Å²) in [6.45, 7) is 5.41. The summed E-state index contributed by atoms with van der Waals surface area (Å²) < 4.78 is 0. The average molecular weight is 260 g/mol. The molecule has 0 radical (unpaired) electrons. The van der Waals surface area contributed by atoms with Crippen LogP contribution in [0.2, 0.25) is 0 Å². The van der Waals surface area contributed by atoms with Crippen molar-refractivity contribution in [2.24, 2.45) is 10.2 Å². The van der Waals surface area contributed by atoms with Crippen LogP contribution in [0.5, 0.6) is 0 Å². The molecule has 0 saturated carbocycles. The first-order valence-electron chi connectivity index (χ1n) is 4.83. The van der Waals surface area contributed by atoms with Crippen molar-refractivity contribution in [3.05, 3.63) is 0 Å². The molecule has 6 nitrogen and oxygen atoms in total. The number of hydrogen-bond acceptors (Lipinski definition) is 4. The molecule has 0 aliphatic heterocycles. The molecule has 8 heteroatoms. The summed E-state index contributed by atoms with van der Waals surface area (Å²) in [5.41, 5.74) is 5.24. The van der Waals surface area contributed by atoms with Crippen molar-refractivity contribution >= 4 is 47.1 Å². The molecule has 0 unspecified atom stereocenters. The van der Waals surface area contributed by atoms with Crippen LogP contribution in [0.1, 0.15) is 13.8 Å². The summed E-state index contributed by atoms with van der Waals surface area (Å²) in [6, 6.07) is 0. The average Bonchev–Trinajstić information content (AvgIpc) is 2.24. The van der Waals surface area contributed by atoms with Crippen molar-refractivity contribution in [1.82, 2.24) is 21.5 Å². The minimum absolute atomic E-state index is 0.475. The molecule has 0 aliphatic rings. The van der Waals surface area contributed by atoms with E-state index in [4.69, 9.17) is 24.4 Å². The molecule has 0 aromatic heterocycles. The molecule has 0 aromatic rings. The Morgan fingerprint density at radius 1 is 0.938 bits per heavy atom. The van der Waals surface area contributed by atoms with Crippen LogP contribution in [0.25, 0.3) is 0 Å². The van der Waals surface area contributed by atoms with E-state index in [-0.39, 0.29) is 0 Å². The van der Waals surface area contributed by atoms with Gasteiger partial charge in [-0.15, -0.1) is 0 Å². The summed E-state index contributed by atoms with van der Waals surface area (Å²) in [5.74, 6) is 0. The van der Waals surface area contributed by atoms with Gasteiger partial charge in [-0.3, -0.25) is 10.9 Å². The van der Waals surface area contributed by atoms with Gasteiger partial charge in [-0.1, -0.05) is 0 Å². The molecule has 0 aliphatic carbocycles. The van der Waals surface area contributed by atoms with E-state index >= 15 is 0 Å². The van der Waals surface area contributed by atoms with Crippen LogP contribution in [0.4, 0.5) is 0 Å². The number of rotatable bonds is 5. The fourth-order valence-electron chi connectivity index (χ4n) is 0.659. The van der Waals surface area contributed by atoms with Crippen molar-refractivity contribution in [1.29, 1.82) is 0 Å². The largest absolute Gasteiger partial charge is 0.362 e. The Kier molecular flexibility index (Phi) is 9.43. The fraction of sp³-hybridized carbons (Fsp3) is 0.500. The summed E-state index contributed by atoms with van der Waals surface area (Å²) in [7, 11) is 0. The van der Waals surface area contributed by atoms with Gasteiger partial charge < -0.3 is 10.6 Å². The lowest BCUT2D eigenvalue weighted by molar-refractivity contribution is 0.901. The third kappa shape index (κ3) is 9.28. The number of nitrogens with one attached hydrogen (secondary N) is 4. The monoisotopic (exact) mass is 260 g/mol. The van der Waals surface area contributed by atoms with Gasteiger partial charge in [0, 0.05) is 13.1 Å². The number of hydrogen-bond donors (Lipinski definition) is 4. The highest BCUT2D eigenvalue weighted by Gasteiger charge is 1.87. The van der Waals surface area contributed by atoms with E-state index < -0.39 is 0 Å². The molecule has 0 amide bonds. The van der Waals surface area contributed by atoms with E-state index in [9.17, 15) is 0 Å². The highest BCUT2D eigenvalue weighted by atomic mass is 32.1. The van der Waals surface area contributed by atoms with Crippen LogP contribution in [0, 0.1) is 0 Å². The summed E-state index contributed by atoms with van der Waals surface area (Å²) in [6.07, 6.45) is 2.93. The Labute approximate surface area is 106 Å². The maximum absolute atomic E-state index is 4.88. The maximum atomic E-state index is 4.88. The van der Waals surface area contributed by atoms with Crippen molar-refractivity contribution in [2.75, 3.05) is 13.1 Å². The molecule has 16 heavy (non-hydrogen) atoms. The van der Waals surface area contributed by atoms with E-state index in [0.717, 1.165) is 13.1 Å². The predicted molar refractivity (Wildman–Crippen MR) is 75.8 cm³/mol. The second kappa shape index (κ2) is 10.2. The molecule has 0 spiro atoms. The van der Waals surface area contributed by atoms with Gasteiger partial charge in [0.1, 0.15) is 0 Å². The maximum Gasteiger partial charge on any atom is 0.186 e. The van der Waals surface area contributed by atoms with Crippen LogP contribution in [-0.2, 0) is 0 Å². The lowest BCUT2D eigenvalue weighted by atomic mass is 10.7. The highest BCUT2D eigenvalue weighted by molar-refractivity contribution is 7.80. The summed E-state index contributed by atoms with van der Waals surface area (Å²) in [4.78, 5) is 0. The second-order valence-electron chi connectivity index (χ2n) is 2.50. The van der Waals surface area contributed by atoms with E-state index in [1.165, 1.54) is 12.4 Å². The lowest BCUT2D eigenvalue weighted by Crippen LogP contribution is -2.32. The van der Waals surface area contributed by atoms with E-state index in [1.54, 1.807) is 0 Å². The van der Waals surface area contributed by atoms with Crippen LogP contribution in [0.15, 0.2) is 10.2 Å². The summed E-state index contributed by atoms with van der Waals surface area (Å²) in [5, 5.41) is 14.3. The highest BCUT2D eigenvalue weighted by Crippen LogP contribution is 1.66. The quantitative estimate of drug-likeness (QED) is 0.315. The van der Waals surface area contributed by atoms with E-state index in [0.29, 0.717) is 10.2 Å². The molecule has 0 saturated heterocycles. The Bertz CT molecular complexity index is 248. The first-order chi connectivity index (χ1) is 7.70. The third-order valence-electron chi connectivity index (χ3n) is 1.22. The number of hydrazone groups is 2. The molecule has 0 bridgehead atoms. The fourth-order valence-corrected chi connectivity index (χ4v) is 1.05. The number of nitrogens with zero attached hydrogens (tertiary/aromatic N) is 2. The van der Waals surface area contributed by atoms with Crippen molar-refractivity contribution in [3.8, 4) is 0 Å².